The van der Waals surface area contributed by atoms with Crippen molar-refractivity contribution in [2.75, 3.05) is 17.2 Å². The van der Waals surface area contributed by atoms with Crippen molar-refractivity contribution in [1.29, 1.82) is 0 Å². The first kappa shape index (κ1) is 17.8. The van der Waals surface area contributed by atoms with Crippen LogP contribution in [0.25, 0.3) is 10.9 Å². The quantitative estimate of drug-likeness (QED) is 0.544. The summed E-state index contributed by atoms with van der Waals surface area (Å²) in [5.74, 6) is -0.143. The van der Waals surface area contributed by atoms with Crippen molar-refractivity contribution in [3.05, 3.63) is 59.2 Å². The summed E-state index contributed by atoms with van der Waals surface area (Å²) < 4.78 is 0. The lowest BCUT2D eigenvalue weighted by Gasteiger charge is -2.09. The van der Waals surface area contributed by atoms with E-state index in [1.54, 1.807) is 30.3 Å². The lowest BCUT2D eigenvalue weighted by molar-refractivity contribution is -0.115. The molecule has 26 heavy (non-hydrogen) atoms. The minimum Gasteiger partial charge on any atom is -0.361 e. The fourth-order valence-corrected chi connectivity index (χ4v) is 2.87. The number of halogens is 1. The van der Waals surface area contributed by atoms with Gasteiger partial charge in [0.05, 0.1) is 6.42 Å². The van der Waals surface area contributed by atoms with E-state index in [4.69, 9.17) is 11.6 Å². The number of fused-ring (bicyclic) bond motifs is 1. The number of carbonyl (C=O) groups excluding carboxylic acids is 2. The number of carbonyl (C=O) groups is 2. The third kappa shape index (κ3) is 4.34. The number of hydrogen-bond donors (Lipinski definition) is 4. The molecule has 1 aromatic heterocycles. The summed E-state index contributed by atoms with van der Waals surface area (Å²) in [6.07, 6.45) is 2.04. The Morgan fingerprint density at radius 2 is 1.85 bits per heavy atom. The summed E-state index contributed by atoms with van der Waals surface area (Å²) in [5.41, 5.74) is 3.02. The number of anilines is 2. The molecule has 0 bridgehead atoms. The van der Waals surface area contributed by atoms with E-state index in [1.165, 1.54) is 0 Å². The average Bonchev–Trinajstić information content (AvgIpc) is 2.97. The first-order chi connectivity index (χ1) is 12.5. The molecule has 0 unspecified atom stereocenters. The van der Waals surface area contributed by atoms with Crippen LogP contribution in [0.15, 0.2) is 48.7 Å². The van der Waals surface area contributed by atoms with Crippen LogP contribution in [0.3, 0.4) is 0 Å². The number of amides is 3. The SMILES string of the molecule is CCNC(=O)Nc1cccc(NC(=O)Cc2c[nH]c3cc(Cl)ccc23)c1. The molecule has 0 saturated heterocycles. The van der Waals surface area contributed by atoms with Gasteiger partial charge in [0.2, 0.25) is 5.91 Å². The standard InChI is InChI=1S/C19H19ClN4O2/c1-2-21-19(26)24-15-5-3-4-14(10-15)23-18(25)8-12-11-22-17-9-13(20)6-7-16(12)17/h3-7,9-11,22H,2,8H2,1H3,(H,23,25)(H2,21,24,26). The van der Waals surface area contributed by atoms with Crippen molar-refractivity contribution in [2.24, 2.45) is 0 Å². The van der Waals surface area contributed by atoms with E-state index in [1.807, 2.05) is 25.3 Å². The molecule has 3 amide bonds. The zero-order valence-electron chi connectivity index (χ0n) is 14.2. The molecule has 0 spiro atoms. The molecule has 2 aromatic carbocycles. The van der Waals surface area contributed by atoms with Gasteiger partial charge in [-0.1, -0.05) is 23.7 Å². The van der Waals surface area contributed by atoms with Crippen molar-refractivity contribution >= 4 is 45.8 Å². The average molecular weight is 371 g/mol. The Balaban J connectivity index is 1.67. The third-order valence-corrected chi connectivity index (χ3v) is 4.06. The highest BCUT2D eigenvalue weighted by atomic mass is 35.5. The molecule has 0 aliphatic rings. The Hall–Kier alpha value is -2.99. The zero-order chi connectivity index (χ0) is 18.5. The molecular weight excluding hydrogens is 352 g/mol. The van der Waals surface area contributed by atoms with Crippen LogP contribution in [0.2, 0.25) is 5.02 Å². The molecule has 1 heterocycles. The van der Waals surface area contributed by atoms with Crippen LogP contribution in [0.4, 0.5) is 16.2 Å². The van der Waals surface area contributed by atoms with Gasteiger partial charge in [-0.25, -0.2) is 4.79 Å². The predicted molar refractivity (Wildman–Crippen MR) is 105 cm³/mol. The molecule has 4 N–H and O–H groups in total. The van der Waals surface area contributed by atoms with Gasteiger partial charge in [0, 0.05) is 40.0 Å². The monoisotopic (exact) mass is 370 g/mol. The number of rotatable bonds is 5. The van der Waals surface area contributed by atoms with Crippen LogP contribution in [0, 0.1) is 0 Å². The molecule has 7 heteroatoms. The van der Waals surface area contributed by atoms with Gasteiger partial charge in [-0.05, 0) is 42.8 Å². The molecule has 3 aromatic rings. The topological polar surface area (TPSA) is 86.0 Å². The van der Waals surface area contributed by atoms with Gasteiger partial charge in [0.25, 0.3) is 0 Å². The Morgan fingerprint density at radius 1 is 1.08 bits per heavy atom. The van der Waals surface area contributed by atoms with E-state index >= 15 is 0 Å². The first-order valence-electron chi connectivity index (χ1n) is 8.25. The number of nitrogens with one attached hydrogen (secondary N) is 4. The summed E-state index contributed by atoms with van der Waals surface area (Å²) in [5, 5.41) is 9.83. The van der Waals surface area contributed by atoms with Crippen LogP contribution >= 0.6 is 11.6 Å². The molecule has 0 radical (unpaired) electrons. The number of urea groups is 1. The number of hydrogen-bond acceptors (Lipinski definition) is 2. The number of aromatic amines is 1. The van der Waals surface area contributed by atoms with Crippen LogP contribution in [0.5, 0.6) is 0 Å². The summed E-state index contributed by atoms with van der Waals surface area (Å²) >= 11 is 5.98. The van der Waals surface area contributed by atoms with E-state index in [0.717, 1.165) is 16.5 Å². The summed E-state index contributed by atoms with van der Waals surface area (Å²) in [7, 11) is 0. The number of H-pyrrole nitrogens is 1. The molecular formula is C19H19ClN4O2. The second-order valence-electron chi connectivity index (χ2n) is 5.79. The van der Waals surface area contributed by atoms with Gasteiger partial charge in [-0.2, -0.15) is 0 Å². The number of aromatic nitrogens is 1. The minimum atomic E-state index is -0.284. The van der Waals surface area contributed by atoms with Crippen LogP contribution in [-0.2, 0) is 11.2 Å². The first-order valence-corrected chi connectivity index (χ1v) is 8.63. The van der Waals surface area contributed by atoms with Gasteiger partial charge >= 0.3 is 6.03 Å². The summed E-state index contributed by atoms with van der Waals surface area (Å²) in [6, 6.07) is 12.3. The molecule has 6 nitrogen and oxygen atoms in total. The second-order valence-corrected chi connectivity index (χ2v) is 6.23. The maximum absolute atomic E-state index is 12.4. The van der Waals surface area contributed by atoms with E-state index in [2.05, 4.69) is 20.9 Å². The molecule has 3 rings (SSSR count). The molecule has 0 aliphatic carbocycles. The van der Waals surface area contributed by atoms with E-state index in [0.29, 0.717) is 22.9 Å². The van der Waals surface area contributed by atoms with Gasteiger partial charge in [0.15, 0.2) is 0 Å². The molecule has 0 aliphatic heterocycles. The molecule has 134 valence electrons. The summed E-state index contributed by atoms with van der Waals surface area (Å²) in [4.78, 5) is 27.1. The van der Waals surface area contributed by atoms with Gasteiger partial charge in [-0.15, -0.1) is 0 Å². The fourth-order valence-electron chi connectivity index (χ4n) is 2.69. The van der Waals surface area contributed by atoms with Crippen molar-refractivity contribution in [2.45, 2.75) is 13.3 Å². The Bertz CT molecular complexity index is 952. The van der Waals surface area contributed by atoms with Gasteiger partial charge < -0.3 is 20.9 Å². The smallest absolute Gasteiger partial charge is 0.319 e. The highest BCUT2D eigenvalue weighted by Crippen LogP contribution is 2.23. The Morgan fingerprint density at radius 3 is 2.62 bits per heavy atom. The van der Waals surface area contributed by atoms with Crippen molar-refractivity contribution in [1.82, 2.24) is 10.3 Å². The highest BCUT2D eigenvalue weighted by molar-refractivity contribution is 6.31. The minimum absolute atomic E-state index is 0.143. The van der Waals surface area contributed by atoms with E-state index < -0.39 is 0 Å². The molecule has 0 fully saturated rings. The number of benzene rings is 2. The van der Waals surface area contributed by atoms with Crippen LogP contribution in [-0.4, -0.2) is 23.5 Å². The van der Waals surface area contributed by atoms with Gasteiger partial charge in [-0.3, -0.25) is 4.79 Å². The van der Waals surface area contributed by atoms with Gasteiger partial charge in [0.1, 0.15) is 0 Å². The lowest BCUT2D eigenvalue weighted by atomic mass is 10.1. The Kier molecular flexibility index (Phi) is 5.43. The largest absolute Gasteiger partial charge is 0.361 e. The van der Waals surface area contributed by atoms with Crippen LogP contribution in [0.1, 0.15) is 12.5 Å². The predicted octanol–water partition coefficient (Wildman–Crippen LogP) is 4.14. The van der Waals surface area contributed by atoms with Crippen LogP contribution < -0.4 is 16.0 Å². The van der Waals surface area contributed by atoms with Crippen molar-refractivity contribution < 1.29 is 9.59 Å². The maximum atomic E-state index is 12.4. The summed E-state index contributed by atoms with van der Waals surface area (Å²) in [6.45, 7) is 2.38. The fraction of sp³-hybridized carbons (Fsp3) is 0.158. The second kappa shape index (κ2) is 7.93. The highest BCUT2D eigenvalue weighted by Gasteiger charge is 2.10. The normalized spacial score (nSPS) is 10.5. The lowest BCUT2D eigenvalue weighted by Crippen LogP contribution is -2.28. The third-order valence-electron chi connectivity index (χ3n) is 3.82. The van der Waals surface area contributed by atoms with Crippen molar-refractivity contribution in [3.8, 4) is 0 Å². The Labute approximate surface area is 155 Å². The maximum Gasteiger partial charge on any atom is 0.319 e. The molecule has 0 atom stereocenters. The van der Waals surface area contributed by atoms with Crippen molar-refractivity contribution in [3.63, 3.8) is 0 Å². The van der Waals surface area contributed by atoms with E-state index in [9.17, 15) is 9.59 Å². The zero-order valence-corrected chi connectivity index (χ0v) is 15.0. The molecule has 0 saturated carbocycles. The van der Waals surface area contributed by atoms with E-state index in [-0.39, 0.29) is 18.4 Å².